The average molecular weight is 374 g/mol. The Morgan fingerprint density at radius 2 is 1.52 bits per heavy atom. The highest BCUT2D eigenvalue weighted by molar-refractivity contribution is 6.00. The SMILES string of the molecule is CC(C)c1cccc(C(C)C)c1NC(=O)CNC(=O)c1ccc(F)c(F)c1. The maximum absolute atomic E-state index is 13.2. The van der Waals surface area contributed by atoms with Gasteiger partial charge in [0.1, 0.15) is 0 Å². The number of para-hydroxylation sites is 1. The summed E-state index contributed by atoms with van der Waals surface area (Å²) in [4.78, 5) is 24.4. The van der Waals surface area contributed by atoms with Gasteiger partial charge in [0, 0.05) is 11.3 Å². The van der Waals surface area contributed by atoms with Gasteiger partial charge in [-0.1, -0.05) is 45.9 Å². The van der Waals surface area contributed by atoms with Crippen molar-refractivity contribution in [3.63, 3.8) is 0 Å². The van der Waals surface area contributed by atoms with Crippen molar-refractivity contribution >= 4 is 17.5 Å². The van der Waals surface area contributed by atoms with Crippen LogP contribution in [0.4, 0.5) is 14.5 Å². The number of benzene rings is 2. The summed E-state index contributed by atoms with van der Waals surface area (Å²) < 4.78 is 26.2. The van der Waals surface area contributed by atoms with Gasteiger partial charge in [0.15, 0.2) is 11.6 Å². The van der Waals surface area contributed by atoms with Crippen LogP contribution in [0.2, 0.25) is 0 Å². The molecule has 0 radical (unpaired) electrons. The molecule has 0 bridgehead atoms. The second-order valence-electron chi connectivity index (χ2n) is 6.98. The molecule has 0 spiro atoms. The topological polar surface area (TPSA) is 58.2 Å². The van der Waals surface area contributed by atoms with Gasteiger partial charge in [0.05, 0.1) is 6.54 Å². The number of carbonyl (C=O) groups excluding carboxylic acids is 2. The molecule has 0 atom stereocenters. The first kappa shape index (κ1) is 20.6. The fraction of sp³-hybridized carbons (Fsp3) is 0.333. The summed E-state index contributed by atoms with van der Waals surface area (Å²) >= 11 is 0. The molecule has 0 aliphatic rings. The lowest BCUT2D eigenvalue weighted by molar-refractivity contribution is -0.115. The minimum absolute atomic E-state index is 0.0489. The van der Waals surface area contributed by atoms with Gasteiger partial charge in [-0.25, -0.2) is 8.78 Å². The molecule has 0 heterocycles. The standard InChI is InChI=1S/C21H24F2N2O2/c1-12(2)15-6-5-7-16(13(3)4)20(15)25-19(26)11-24-21(27)14-8-9-17(22)18(23)10-14/h5-10,12-13H,11H2,1-4H3,(H,24,27)(H,25,26). The summed E-state index contributed by atoms with van der Waals surface area (Å²) in [6.45, 7) is 7.89. The van der Waals surface area contributed by atoms with Crippen molar-refractivity contribution in [2.75, 3.05) is 11.9 Å². The smallest absolute Gasteiger partial charge is 0.251 e. The van der Waals surface area contributed by atoms with Crippen LogP contribution in [-0.2, 0) is 4.79 Å². The molecule has 4 nitrogen and oxygen atoms in total. The molecule has 2 amide bonds. The molecule has 2 rings (SSSR count). The Bertz CT molecular complexity index is 822. The van der Waals surface area contributed by atoms with Crippen LogP contribution in [0.1, 0.15) is 61.0 Å². The Balaban J connectivity index is 2.09. The summed E-state index contributed by atoms with van der Waals surface area (Å²) in [6, 6.07) is 8.73. The number of hydrogen-bond acceptors (Lipinski definition) is 2. The third kappa shape index (κ3) is 5.12. The van der Waals surface area contributed by atoms with Crippen LogP contribution in [0, 0.1) is 11.6 Å². The van der Waals surface area contributed by atoms with E-state index in [1.807, 2.05) is 45.9 Å². The van der Waals surface area contributed by atoms with Gasteiger partial charge >= 0.3 is 0 Å². The van der Waals surface area contributed by atoms with Crippen molar-refractivity contribution in [3.05, 3.63) is 64.7 Å². The van der Waals surface area contributed by atoms with Gasteiger partial charge in [-0.15, -0.1) is 0 Å². The molecule has 2 N–H and O–H groups in total. The van der Waals surface area contributed by atoms with Crippen molar-refractivity contribution in [1.29, 1.82) is 0 Å². The van der Waals surface area contributed by atoms with E-state index in [0.717, 1.165) is 35.0 Å². The predicted molar refractivity (Wildman–Crippen MR) is 102 cm³/mol. The first-order valence-electron chi connectivity index (χ1n) is 8.86. The fourth-order valence-electron chi connectivity index (χ4n) is 2.78. The fourth-order valence-corrected chi connectivity index (χ4v) is 2.78. The highest BCUT2D eigenvalue weighted by atomic mass is 19.2. The molecule has 0 aliphatic heterocycles. The number of amides is 2. The summed E-state index contributed by atoms with van der Waals surface area (Å²) in [5.74, 6) is -2.74. The molecular formula is C21H24F2N2O2. The minimum Gasteiger partial charge on any atom is -0.343 e. The van der Waals surface area contributed by atoms with Crippen molar-refractivity contribution in [2.45, 2.75) is 39.5 Å². The zero-order valence-corrected chi connectivity index (χ0v) is 15.9. The van der Waals surface area contributed by atoms with Gasteiger partial charge in [-0.2, -0.15) is 0 Å². The van der Waals surface area contributed by atoms with Gasteiger partial charge in [0.25, 0.3) is 5.91 Å². The molecule has 0 aromatic heterocycles. The molecule has 0 fully saturated rings. The summed E-state index contributed by atoms with van der Waals surface area (Å²) in [5.41, 5.74) is 2.74. The van der Waals surface area contributed by atoms with E-state index in [1.54, 1.807) is 0 Å². The second-order valence-corrected chi connectivity index (χ2v) is 6.98. The van der Waals surface area contributed by atoms with E-state index in [-0.39, 0.29) is 29.9 Å². The van der Waals surface area contributed by atoms with Gasteiger partial charge in [-0.3, -0.25) is 9.59 Å². The summed E-state index contributed by atoms with van der Waals surface area (Å²) in [7, 11) is 0. The monoisotopic (exact) mass is 374 g/mol. The van der Waals surface area contributed by atoms with Crippen LogP contribution in [0.25, 0.3) is 0 Å². The lowest BCUT2D eigenvalue weighted by atomic mass is 9.92. The molecule has 0 unspecified atom stereocenters. The number of nitrogens with one attached hydrogen (secondary N) is 2. The normalized spacial score (nSPS) is 11.0. The van der Waals surface area contributed by atoms with E-state index < -0.39 is 17.5 Å². The third-order valence-electron chi connectivity index (χ3n) is 4.23. The maximum Gasteiger partial charge on any atom is 0.251 e. The van der Waals surface area contributed by atoms with E-state index in [4.69, 9.17) is 0 Å². The van der Waals surface area contributed by atoms with Crippen molar-refractivity contribution in [1.82, 2.24) is 5.32 Å². The third-order valence-corrected chi connectivity index (χ3v) is 4.23. The minimum atomic E-state index is -1.11. The Labute approximate surface area is 158 Å². The zero-order valence-electron chi connectivity index (χ0n) is 15.9. The number of carbonyl (C=O) groups is 2. The van der Waals surface area contributed by atoms with Crippen molar-refractivity contribution in [2.24, 2.45) is 0 Å². The van der Waals surface area contributed by atoms with E-state index in [1.165, 1.54) is 0 Å². The summed E-state index contributed by atoms with van der Waals surface area (Å²) in [6.07, 6.45) is 0. The van der Waals surface area contributed by atoms with Crippen molar-refractivity contribution < 1.29 is 18.4 Å². The van der Waals surface area contributed by atoms with E-state index in [2.05, 4.69) is 10.6 Å². The van der Waals surface area contributed by atoms with Gasteiger partial charge in [-0.05, 0) is 41.2 Å². The van der Waals surface area contributed by atoms with E-state index in [9.17, 15) is 18.4 Å². The Morgan fingerprint density at radius 3 is 2.04 bits per heavy atom. The molecule has 6 heteroatoms. The molecule has 2 aromatic rings. The molecule has 144 valence electrons. The number of anilines is 1. The quantitative estimate of drug-likeness (QED) is 0.778. The molecule has 27 heavy (non-hydrogen) atoms. The molecule has 0 saturated carbocycles. The number of rotatable bonds is 6. The van der Waals surface area contributed by atoms with Crippen LogP contribution in [0.15, 0.2) is 36.4 Å². The lowest BCUT2D eigenvalue weighted by Crippen LogP contribution is -2.33. The van der Waals surface area contributed by atoms with E-state index >= 15 is 0 Å². The summed E-state index contributed by atoms with van der Waals surface area (Å²) in [5, 5.41) is 5.30. The van der Waals surface area contributed by atoms with Gasteiger partial charge < -0.3 is 10.6 Å². The first-order chi connectivity index (χ1) is 12.7. The Morgan fingerprint density at radius 1 is 0.926 bits per heavy atom. The molecule has 0 saturated heterocycles. The highest BCUT2D eigenvalue weighted by Crippen LogP contribution is 2.32. The van der Waals surface area contributed by atoms with Crippen LogP contribution in [0.5, 0.6) is 0 Å². The second kappa shape index (κ2) is 8.75. The van der Waals surface area contributed by atoms with Crippen LogP contribution in [-0.4, -0.2) is 18.4 Å². The van der Waals surface area contributed by atoms with Crippen LogP contribution >= 0.6 is 0 Å². The molecular weight excluding hydrogens is 350 g/mol. The maximum atomic E-state index is 13.2. The lowest BCUT2D eigenvalue weighted by Gasteiger charge is -2.20. The number of hydrogen-bond donors (Lipinski definition) is 2. The largest absolute Gasteiger partial charge is 0.343 e. The van der Waals surface area contributed by atoms with Crippen LogP contribution in [0.3, 0.4) is 0 Å². The zero-order chi connectivity index (χ0) is 20.1. The van der Waals surface area contributed by atoms with Crippen molar-refractivity contribution in [3.8, 4) is 0 Å². The van der Waals surface area contributed by atoms with Crippen LogP contribution < -0.4 is 10.6 Å². The van der Waals surface area contributed by atoms with Gasteiger partial charge in [0.2, 0.25) is 5.91 Å². The number of halogens is 2. The molecule has 2 aromatic carbocycles. The molecule has 0 aliphatic carbocycles. The van der Waals surface area contributed by atoms with E-state index in [0.29, 0.717) is 0 Å². The average Bonchev–Trinajstić information content (AvgIpc) is 2.61. The Hall–Kier alpha value is -2.76. The predicted octanol–water partition coefficient (Wildman–Crippen LogP) is 4.58. The highest BCUT2D eigenvalue weighted by Gasteiger charge is 2.17. The Kier molecular flexibility index (Phi) is 6.66. The first-order valence-corrected chi connectivity index (χ1v) is 8.86.